The minimum atomic E-state index is -0.330. The third-order valence-corrected chi connectivity index (χ3v) is 4.17. The molecule has 0 atom stereocenters. The van der Waals surface area contributed by atoms with E-state index in [1.165, 1.54) is 12.1 Å². The third kappa shape index (κ3) is 5.14. The van der Waals surface area contributed by atoms with E-state index >= 15 is 0 Å². The van der Waals surface area contributed by atoms with Crippen molar-refractivity contribution in [3.63, 3.8) is 0 Å². The number of amides is 2. The van der Waals surface area contributed by atoms with Crippen molar-refractivity contribution in [2.45, 2.75) is 27.3 Å². The highest BCUT2D eigenvalue weighted by molar-refractivity contribution is 5.96. The zero-order chi connectivity index (χ0) is 18.4. The van der Waals surface area contributed by atoms with Crippen LogP contribution in [0.2, 0.25) is 0 Å². The lowest BCUT2D eigenvalue weighted by molar-refractivity contribution is -0.130. The predicted octanol–water partition coefficient (Wildman–Crippen LogP) is 3.22. The number of halogens is 1. The highest BCUT2D eigenvalue weighted by atomic mass is 19.1. The monoisotopic (exact) mass is 342 g/mol. The summed E-state index contributed by atoms with van der Waals surface area (Å²) in [4.78, 5) is 26.1. The Bertz CT molecular complexity index is 774. The number of hydrogen-bond donors (Lipinski definition) is 1. The number of benzene rings is 2. The second-order valence-corrected chi connectivity index (χ2v) is 6.02. The maximum absolute atomic E-state index is 13.3. The molecule has 2 rings (SSSR count). The van der Waals surface area contributed by atoms with Gasteiger partial charge in [0.2, 0.25) is 5.91 Å². The number of hydrogen-bond acceptors (Lipinski definition) is 2. The summed E-state index contributed by atoms with van der Waals surface area (Å²) in [5, 5.41) is 2.65. The molecule has 0 radical (unpaired) electrons. The molecule has 0 aliphatic rings. The van der Waals surface area contributed by atoms with Gasteiger partial charge in [0, 0.05) is 18.7 Å². The van der Waals surface area contributed by atoms with Gasteiger partial charge in [0.15, 0.2) is 0 Å². The first kappa shape index (κ1) is 18.6. The molecule has 1 N–H and O–H groups in total. The van der Waals surface area contributed by atoms with Crippen molar-refractivity contribution in [3.05, 3.63) is 70.5 Å². The predicted molar refractivity (Wildman–Crippen MR) is 95.7 cm³/mol. The van der Waals surface area contributed by atoms with Crippen LogP contribution in [0.25, 0.3) is 0 Å². The average molecular weight is 342 g/mol. The summed E-state index contributed by atoms with van der Waals surface area (Å²) in [6, 6.07) is 11.6. The molecular formula is C20H23FN2O2. The van der Waals surface area contributed by atoms with Gasteiger partial charge in [0.25, 0.3) is 5.91 Å². The maximum atomic E-state index is 13.3. The molecule has 25 heavy (non-hydrogen) atoms. The van der Waals surface area contributed by atoms with E-state index in [2.05, 4.69) is 5.32 Å². The molecule has 0 aliphatic heterocycles. The number of aryl methyl sites for hydroxylation is 2. The molecule has 0 aromatic heterocycles. The first-order valence-electron chi connectivity index (χ1n) is 8.28. The van der Waals surface area contributed by atoms with Crippen LogP contribution in [-0.2, 0) is 11.3 Å². The van der Waals surface area contributed by atoms with E-state index in [1.54, 1.807) is 29.2 Å². The second-order valence-electron chi connectivity index (χ2n) is 6.02. The molecule has 2 amide bonds. The van der Waals surface area contributed by atoms with Crippen molar-refractivity contribution < 1.29 is 14.0 Å². The average Bonchev–Trinajstić information content (AvgIpc) is 2.59. The Labute approximate surface area is 147 Å². The molecule has 4 nitrogen and oxygen atoms in total. The van der Waals surface area contributed by atoms with E-state index in [0.717, 1.165) is 16.7 Å². The van der Waals surface area contributed by atoms with Gasteiger partial charge in [-0.05, 0) is 61.7 Å². The number of carbonyl (C=O) groups excluding carboxylic acids is 2. The Morgan fingerprint density at radius 2 is 1.84 bits per heavy atom. The summed E-state index contributed by atoms with van der Waals surface area (Å²) in [6.45, 7) is 6.47. The number of rotatable bonds is 6. The van der Waals surface area contributed by atoms with E-state index < -0.39 is 0 Å². The Morgan fingerprint density at radius 3 is 2.48 bits per heavy atom. The normalized spacial score (nSPS) is 10.4. The number of nitrogens with zero attached hydrogens (tertiary/aromatic N) is 1. The van der Waals surface area contributed by atoms with Crippen LogP contribution in [0.4, 0.5) is 4.39 Å². The SMILES string of the molecule is CCN(Cc1cccc(F)c1)C(=O)CNC(=O)c1ccc(C)c(C)c1. The maximum Gasteiger partial charge on any atom is 0.251 e. The van der Waals surface area contributed by atoms with Crippen molar-refractivity contribution in [2.75, 3.05) is 13.1 Å². The molecule has 0 spiro atoms. The molecule has 0 fully saturated rings. The fourth-order valence-corrected chi connectivity index (χ4v) is 2.48. The van der Waals surface area contributed by atoms with Gasteiger partial charge in [0.1, 0.15) is 5.82 Å². The van der Waals surface area contributed by atoms with Gasteiger partial charge in [-0.15, -0.1) is 0 Å². The minimum absolute atomic E-state index is 0.0884. The zero-order valence-electron chi connectivity index (χ0n) is 14.8. The highest BCUT2D eigenvalue weighted by Crippen LogP contribution is 2.10. The van der Waals surface area contributed by atoms with E-state index in [0.29, 0.717) is 18.7 Å². The van der Waals surface area contributed by atoms with Gasteiger partial charge in [-0.3, -0.25) is 9.59 Å². The van der Waals surface area contributed by atoms with Gasteiger partial charge in [-0.1, -0.05) is 18.2 Å². The van der Waals surface area contributed by atoms with E-state index in [9.17, 15) is 14.0 Å². The van der Waals surface area contributed by atoms with Crippen LogP contribution in [-0.4, -0.2) is 29.8 Å². The van der Waals surface area contributed by atoms with Crippen LogP contribution in [0.3, 0.4) is 0 Å². The molecule has 0 saturated heterocycles. The molecule has 132 valence electrons. The first-order chi connectivity index (χ1) is 11.9. The lowest BCUT2D eigenvalue weighted by Gasteiger charge is -2.21. The van der Waals surface area contributed by atoms with Crippen LogP contribution in [0.15, 0.2) is 42.5 Å². The molecule has 0 saturated carbocycles. The van der Waals surface area contributed by atoms with Gasteiger partial charge >= 0.3 is 0 Å². The molecule has 5 heteroatoms. The van der Waals surface area contributed by atoms with Crippen LogP contribution in [0.5, 0.6) is 0 Å². The van der Waals surface area contributed by atoms with Crippen molar-refractivity contribution in [3.8, 4) is 0 Å². The van der Waals surface area contributed by atoms with Crippen molar-refractivity contribution >= 4 is 11.8 Å². The summed E-state index contributed by atoms with van der Waals surface area (Å²) in [5.74, 6) is -0.814. The molecule has 2 aromatic carbocycles. The number of likely N-dealkylation sites (N-methyl/N-ethyl adjacent to an activating group) is 1. The number of nitrogens with one attached hydrogen (secondary N) is 1. The molecule has 2 aromatic rings. The van der Waals surface area contributed by atoms with Crippen molar-refractivity contribution in [1.82, 2.24) is 10.2 Å². The van der Waals surface area contributed by atoms with Crippen molar-refractivity contribution in [1.29, 1.82) is 0 Å². The summed E-state index contributed by atoms with van der Waals surface area (Å²) >= 11 is 0. The van der Waals surface area contributed by atoms with Crippen LogP contribution in [0, 0.1) is 19.7 Å². The van der Waals surface area contributed by atoms with Gasteiger partial charge in [-0.2, -0.15) is 0 Å². The summed E-state index contributed by atoms with van der Waals surface area (Å²) in [7, 11) is 0. The fraction of sp³-hybridized carbons (Fsp3) is 0.300. The Balaban J connectivity index is 1.95. The fourth-order valence-electron chi connectivity index (χ4n) is 2.48. The van der Waals surface area contributed by atoms with Gasteiger partial charge < -0.3 is 10.2 Å². The Kier molecular flexibility index (Phi) is 6.28. The summed E-state index contributed by atoms with van der Waals surface area (Å²) < 4.78 is 13.3. The first-order valence-corrected chi connectivity index (χ1v) is 8.28. The van der Waals surface area contributed by atoms with Crippen LogP contribution >= 0.6 is 0 Å². The molecular weight excluding hydrogens is 319 g/mol. The zero-order valence-corrected chi connectivity index (χ0v) is 14.8. The Hall–Kier alpha value is -2.69. The highest BCUT2D eigenvalue weighted by Gasteiger charge is 2.14. The minimum Gasteiger partial charge on any atom is -0.343 e. The topological polar surface area (TPSA) is 49.4 Å². The van der Waals surface area contributed by atoms with E-state index in [-0.39, 0.29) is 24.2 Å². The standard InChI is InChI=1S/C20H23FN2O2/c1-4-23(13-16-6-5-7-18(21)11-16)19(24)12-22-20(25)17-9-8-14(2)15(3)10-17/h5-11H,4,12-13H2,1-3H3,(H,22,25). The summed E-state index contributed by atoms with van der Waals surface area (Å²) in [6.07, 6.45) is 0. The Morgan fingerprint density at radius 1 is 1.08 bits per heavy atom. The molecule has 0 unspecified atom stereocenters. The smallest absolute Gasteiger partial charge is 0.251 e. The van der Waals surface area contributed by atoms with E-state index in [1.807, 2.05) is 26.8 Å². The van der Waals surface area contributed by atoms with E-state index in [4.69, 9.17) is 0 Å². The van der Waals surface area contributed by atoms with Gasteiger partial charge in [-0.25, -0.2) is 4.39 Å². The van der Waals surface area contributed by atoms with Crippen LogP contribution < -0.4 is 5.32 Å². The third-order valence-electron chi connectivity index (χ3n) is 4.17. The molecule has 0 aliphatic carbocycles. The van der Waals surface area contributed by atoms with Crippen molar-refractivity contribution in [2.24, 2.45) is 0 Å². The molecule has 0 heterocycles. The molecule has 0 bridgehead atoms. The summed E-state index contributed by atoms with van der Waals surface area (Å²) in [5.41, 5.74) is 3.39. The van der Waals surface area contributed by atoms with Crippen LogP contribution in [0.1, 0.15) is 34.0 Å². The quantitative estimate of drug-likeness (QED) is 0.876. The largest absolute Gasteiger partial charge is 0.343 e. The second kappa shape index (κ2) is 8.42. The van der Waals surface area contributed by atoms with Gasteiger partial charge in [0.05, 0.1) is 6.54 Å². The lowest BCUT2D eigenvalue weighted by Crippen LogP contribution is -2.39. The lowest BCUT2D eigenvalue weighted by atomic mass is 10.1. The number of carbonyl (C=O) groups is 2.